The molecule has 7 nitrogen and oxygen atoms in total. The number of nitrogens with zero attached hydrogens (tertiary/aromatic N) is 1. The third-order valence-corrected chi connectivity index (χ3v) is 7.69. The van der Waals surface area contributed by atoms with Gasteiger partial charge in [0.25, 0.3) is 0 Å². The Bertz CT molecular complexity index is 953. The SMILES string of the molecule is COCCCN1CCOc2ccc(CO[C@H]3CN[C@@H](CC[C@@H](C)OC)C[C@@H]3c3ccc(OC)cc3)cc21. The van der Waals surface area contributed by atoms with Crippen molar-refractivity contribution < 1.29 is 23.7 Å². The minimum absolute atomic E-state index is 0.0922. The molecule has 2 heterocycles. The predicted octanol–water partition coefficient (Wildman–Crippen LogP) is 4.78. The standard InChI is InChI=1S/C30H44N2O5/c1-22(34-3)6-10-25-19-27(24-8-11-26(35-4)12-9-24)30(20-31-25)37-21-23-7-13-29-28(18-23)32(15-17-36-29)14-5-16-33-2/h7-9,11-13,18,22,25,27,30-31H,5-6,10,14-17,19-21H2,1-4H3/t22-,25+,27-,30+/m1/s1. The van der Waals surface area contributed by atoms with Gasteiger partial charge in [-0.15, -0.1) is 0 Å². The first kappa shape index (κ1) is 27.7. The summed E-state index contributed by atoms with van der Waals surface area (Å²) in [7, 11) is 5.25. The maximum absolute atomic E-state index is 6.61. The molecule has 1 fully saturated rings. The Hall–Kier alpha value is -2.32. The van der Waals surface area contributed by atoms with E-state index in [1.165, 1.54) is 11.1 Å². The second-order valence-electron chi connectivity index (χ2n) is 10.2. The van der Waals surface area contributed by atoms with Gasteiger partial charge in [0.15, 0.2) is 0 Å². The molecule has 37 heavy (non-hydrogen) atoms. The van der Waals surface area contributed by atoms with Crippen LogP contribution in [0.2, 0.25) is 0 Å². The van der Waals surface area contributed by atoms with Crippen LogP contribution in [0.1, 0.15) is 49.7 Å². The second-order valence-corrected chi connectivity index (χ2v) is 10.2. The number of rotatable bonds is 13. The zero-order valence-corrected chi connectivity index (χ0v) is 22.9. The monoisotopic (exact) mass is 512 g/mol. The zero-order valence-electron chi connectivity index (χ0n) is 22.9. The van der Waals surface area contributed by atoms with Gasteiger partial charge in [0.1, 0.15) is 18.1 Å². The minimum Gasteiger partial charge on any atom is -0.497 e. The molecule has 0 amide bonds. The first-order valence-corrected chi connectivity index (χ1v) is 13.6. The third kappa shape index (κ3) is 7.60. The highest BCUT2D eigenvalue weighted by molar-refractivity contribution is 5.61. The molecule has 1 N–H and O–H groups in total. The summed E-state index contributed by atoms with van der Waals surface area (Å²) in [6.07, 6.45) is 4.55. The predicted molar refractivity (Wildman–Crippen MR) is 147 cm³/mol. The molecule has 204 valence electrons. The highest BCUT2D eigenvalue weighted by Crippen LogP contribution is 2.35. The first-order valence-electron chi connectivity index (χ1n) is 13.6. The van der Waals surface area contributed by atoms with Crippen LogP contribution in [0.5, 0.6) is 11.5 Å². The van der Waals surface area contributed by atoms with Crippen molar-refractivity contribution in [1.82, 2.24) is 5.32 Å². The molecule has 2 aliphatic rings. The lowest BCUT2D eigenvalue weighted by Crippen LogP contribution is -2.47. The number of nitrogens with one attached hydrogen (secondary N) is 1. The summed E-state index contributed by atoms with van der Waals surface area (Å²) in [5.74, 6) is 2.16. The summed E-state index contributed by atoms with van der Waals surface area (Å²) >= 11 is 0. The lowest BCUT2D eigenvalue weighted by molar-refractivity contribution is 0.000849. The van der Waals surface area contributed by atoms with Gasteiger partial charge in [-0.25, -0.2) is 0 Å². The van der Waals surface area contributed by atoms with Crippen molar-refractivity contribution in [3.05, 3.63) is 53.6 Å². The van der Waals surface area contributed by atoms with E-state index in [0.717, 1.165) is 75.7 Å². The smallest absolute Gasteiger partial charge is 0.142 e. The molecule has 0 aromatic heterocycles. The van der Waals surface area contributed by atoms with Gasteiger partial charge in [0.05, 0.1) is 38.2 Å². The third-order valence-electron chi connectivity index (χ3n) is 7.69. The second kappa shape index (κ2) is 14.0. The largest absolute Gasteiger partial charge is 0.497 e. The molecule has 0 spiro atoms. The molecule has 7 heteroatoms. The molecule has 0 saturated carbocycles. The summed E-state index contributed by atoms with van der Waals surface area (Å²) < 4.78 is 28.7. The normalized spacial score (nSPS) is 22.3. The summed E-state index contributed by atoms with van der Waals surface area (Å²) in [6.45, 7) is 6.89. The van der Waals surface area contributed by atoms with Gasteiger partial charge in [0.2, 0.25) is 0 Å². The van der Waals surface area contributed by atoms with Gasteiger partial charge >= 0.3 is 0 Å². The summed E-state index contributed by atoms with van der Waals surface area (Å²) in [5, 5.41) is 3.75. The Morgan fingerprint density at radius 3 is 2.70 bits per heavy atom. The van der Waals surface area contributed by atoms with Crippen molar-refractivity contribution in [1.29, 1.82) is 0 Å². The van der Waals surface area contributed by atoms with Crippen molar-refractivity contribution >= 4 is 5.69 Å². The Balaban J connectivity index is 1.43. The molecule has 2 aromatic rings. The molecule has 4 atom stereocenters. The molecule has 2 aliphatic heterocycles. The zero-order chi connectivity index (χ0) is 26.0. The molecular formula is C30H44N2O5. The van der Waals surface area contributed by atoms with Gasteiger partial charge < -0.3 is 33.9 Å². The van der Waals surface area contributed by atoms with Gasteiger partial charge in [-0.05, 0) is 68.0 Å². The molecule has 1 saturated heterocycles. The van der Waals surface area contributed by atoms with Crippen molar-refractivity contribution in [3.8, 4) is 11.5 Å². The van der Waals surface area contributed by atoms with Crippen LogP contribution in [-0.2, 0) is 20.8 Å². The van der Waals surface area contributed by atoms with E-state index >= 15 is 0 Å². The van der Waals surface area contributed by atoms with E-state index in [4.69, 9.17) is 23.7 Å². The summed E-state index contributed by atoms with van der Waals surface area (Å²) in [5.41, 5.74) is 3.63. The number of methoxy groups -OCH3 is 3. The maximum Gasteiger partial charge on any atom is 0.142 e. The van der Waals surface area contributed by atoms with Crippen LogP contribution in [0, 0.1) is 0 Å². The quantitative estimate of drug-likeness (QED) is 0.388. The van der Waals surface area contributed by atoms with E-state index in [1.54, 1.807) is 21.3 Å². The lowest BCUT2D eigenvalue weighted by Gasteiger charge is -2.38. The van der Waals surface area contributed by atoms with E-state index in [1.807, 2.05) is 0 Å². The Kier molecular flexibility index (Phi) is 10.5. The van der Waals surface area contributed by atoms with Crippen LogP contribution >= 0.6 is 0 Å². The highest BCUT2D eigenvalue weighted by atomic mass is 16.5. The van der Waals surface area contributed by atoms with E-state index in [-0.39, 0.29) is 12.2 Å². The van der Waals surface area contributed by atoms with Crippen LogP contribution in [0.15, 0.2) is 42.5 Å². The Labute approximate surface area is 222 Å². The molecule has 0 aliphatic carbocycles. The van der Waals surface area contributed by atoms with Gasteiger partial charge in [-0.3, -0.25) is 0 Å². The van der Waals surface area contributed by atoms with Gasteiger partial charge in [-0.1, -0.05) is 18.2 Å². The van der Waals surface area contributed by atoms with Crippen LogP contribution in [0.3, 0.4) is 0 Å². The van der Waals surface area contributed by atoms with E-state index in [9.17, 15) is 0 Å². The van der Waals surface area contributed by atoms with Crippen LogP contribution < -0.4 is 19.7 Å². The average Bonchev–Trinajstić information content (AvgIpc) is 2.95. The summed E-state index contributed by atoms with van der Waals surface area (Å²) in [6, 6.07) is 15.4. The first-order chi connectivity index (χ1) is 18.1. The number of hydrogen-bond donors (Lipinski definition) is 1. The number of ether oxygens (including phenoxy) is 5. The van der Waals surface area contributed by atoms with Crippen LogP contribution in [-0.4, -0.2) is 72.4 Å². The molecule has 0 unspecified atom stereocenters. The molecule has 0 radical (unpaired) electrons. The van der Waals surface area contributed by atoms with Crippen molar-refractivity contribution in [2.45, 2.75) is 63.4 Å². The van der Waals surface area contributed by atoms with Crippen molar-refractivity contribution in [2.24, 2.45) is 0 Å². The number of fused-ring (bicyclic) bond motifs is 1. The average molecular weight is 513 g/mol. The fraction of sp³-hybridized carbons (Fsp3) is 0.600. The van der Waals surface area contributed by atoms with E-state index in [0.29, 0.717) is 18.6 Å². The Morgan fingerprint density at radius 1 is 1.11 bits per heavy atom. The number of anilines is 1. The molecule has 4 rings (SSSR count). The Morgan fingerprint density at radius 2 is 1.95 bits per heavy atom. The van der Waals surface area contributed by atoms with Crippen molar-refractivity contribution in [2.75, 3.05) is 59.1 Å². The maximum atomic E-state index is 6.61. The fourth-order valence-electron chi connectivity index (χ4n) is 5.36. The topological polar surface area (TPSA) is 61.4 Å². The summed E-state index contributed by atoms with van der Waals surface area (Å²) in [4.78, 5) is 2.40. The molecular weight excluding hydrogens is 468 g/mol. The fourth-order valence-corrected chi connectivity index (χ4v) is 5.36. The molecule has 2 aromatic carbocycles. The minimum atomic E-state index is 0.0922. The van der Waals surface area contributed by atoms with Crippen LogP contribution in [0.25, 0.3) is 0 Å². The van der Waals surface area contributed by atoms with E-state index in [2.05, 4.69) is 59.6 Å². The van der Waals surface area contributed by atoms with Crippen LogP contribution in [0.4, 0.5) is 5.69 Å². The molecule has 0 bridgehead atoms. The van der Waals surface area contributed by atoms with Gasteiger partial charge in [-0.2, -0.15) is 0 Å². The number of benzene rings is 2. The lowest BCUT2D eigenvalue weighted by atomic mass is 9.82. The van der Waals surface area contributed by atoms with E-state index < -0.39 is 0 Å². The van der Waals surface area contributed by atoms with Gasteiger partial charge in [0, 0.05) is 45.9 Å². The number of hydrogen-bond acceptors (Lipinski definition) is 7. The highest BCUT2D eigenvalue weighted by Gasteiger charge is 2.32. The number of piperidine rings is 1. The van der Waals surface area contributed by atoms with Crippen molar-refractivity contribution in [3.63, 3.8) is 0 Å².